The van der Waals surface area contributed by atoms with Gasteiger partial charge in [-0.2, -0.15) is 0 Å². The predicted octanol–water partition coefficient (Wildman–Crippen LogP) is 2.19. The fourth-order valence-electron chi connectivity index (χ4n) is 1.52. The summed E-state index contributed by atoms with van der Waals surface area (Å²) in [4.78, 5) is 0. The van der Waals surface area contributed by atoms with Gasteiger partial charge in [-0.3, -0.25) is 0 Å². The van der Waals surface area contributed by atoms with Crippen LogP contribution >= 0.6 is 0 Å². The van der Waals surface area contributed by atoms with Crippen molar-refractivity contribution < 1.29 is 4.52 Å². The van der Waals surface area contributed by atoms with Gasteiger partial charge < -0.3 is 9.84 Å². The first kappa shape index (κ1) is 7.65. The zero-order valence-corrected chi connectivity index (χ0v) is 7.50. The molecule has 1 aliphatic rings. The van der Waals surface area contributed by atoms with E-state index < -0.39 is 0 Å². The summed E-state index contributed by atoms with van der Waals surface area (Å²) in [6.07, 6.45) is 4.36. The molecule has 1 saturated carbocycles. The molecule has 3 heteroatoms. The maximum atomic E-state index is 4.96. The first-order valence-electron chi connectivity index (χ1n) is 4.45. The van der Waals surface area contributed by atoms with Crippen molar-refractivity contribution in [3.8, 4) is 0 Å². The fraction of sp³-hybridized carbons (Fsp3) is 0.667. The van der Waals surface area contributed by atoms with Gasteiger partial charge in [-0.15, -0.1) is 0 Å². The lowest BCUT2D eigenvalue weighted by Gasteiger charge is -2.34. The van der Waals surface area contributed by atoms with Crippen LogP contribution in [0.3, 0.4) is 0 Å². The summed E-state index contributed by atoms with van der Waals surface area (Å²) >= 11 is 0. The Hall–Kier alpha value is -0.990. The number of hydrogen-bond donors (Lipinski definition) is 1. The van der Waals surface area contributed by atoms with Crippen molar-refractivity contribution in [2.45, 2.75) is 32.7 Å². The van der Waals surface area contributed by atoms with Crippen molar-refractivity contribution in [1.29, 1.82) is 0 Å². The molecule has 3 nitrogen and oxygen atoms in total. The van der Waals surface area contributed by atoms with E-state index >= 15 is 0 Å². The second-order valence-electron chi connectivity index (χ2n) is 3.60. The van der Waals surface area contributed by atoms with Gasteiger partial charge >= 0.3 is 0 Å². The van der Waals surface area contributed by atoms with Crippen LogP contribution in [0.5, 0.6) is 0 Å². The Morgan fingerprint density at radius 1 is 1.58 bits per heavy atom. The molecule has 66 valence electrons. The smallest absolute Gasteiger partial charge is 0.156 e. The topological polar surface area (TPSA) is 38.1 Å². The number of aryl methyl sites for hydroxylation is 1. The molecule has 0 spiro atoms. The van der Waals surface area contributed by atoms with Crippen molar-refractivity contribution in [2.75, 3.05) is 5.32 Å². The Balaban J connectivity index is 1.99. The molecule has 1 heterocycles. The highest BCUT2D eigenvalue weighted by Crippen LogP contribution is 2.30. The van der Waals surface area contributed by atoms with Crippen molar-refractivity contribution in [1.82, 2.24) is 5.16 Å². The zero-order chi connectivity index (χ0) is 8.55. The molecule has 1 aromatic rings. The standard InChI is InChI=1S/C9H14N2O/c1-6-3-4-8(6)11-9-5-10-12-7(9)2/h5-6,8,11H,3-4H2,1-2H3. The minimum Gasteiger partial charge on any atom is -0.378 e. The van der Waals surface area contributed by atoms with E-state index in [0.717, 1.165) is 17.4 Å². The highest BCUT2D eigenvalue weighted by molar-refractivity contribution is 5.44. The second-order valence-corrected chi connectivity index (χ2v) is 3.60. The molecule has 0 aromatic carbocycles. The van der Waals surface area contributed by atoms with Gasteiger partial charge in [0.1, 0.15) is 0 Å². The van der Waals surface area contributed by atoms with Gasteiger partial charge in [-0.05, 0) is 25.7 Å². The molecule has 12 heavy (non-hydrogen) atoms. The van der Waals surface area contributed by atoms with Gasteiger partial charge in [0.2, 0.25) is 0 Å². The Kier molecular flexibility index (Phi) is 1.79. The molecule has 2 rings (SSSR count). The van der Waals surface area contributed by atoms with E-state index in [1.165, 1.54) is 12.8 Å². The lowest BCUT2D eigenvalue weighted by atomic mass is 9.81. The largest absolute Gasteiger partial charge is 0.378 e. The Labute approximate surface area is 72.1 Å². The molecular formula is C9H14N2O. The quantitative estimate of drug-likeness (QED) is 0.731. The minimum absolute atomic E-state index is 0.628. The van der Waals surface area contributed by atoms with Gasteiger partial charge in [0.15, 0.2) is 5.76 Å². The molecule has 0 bridgehead atoms. The highest BCUT2D eigenvalue weighted by Gasteiger charge is 2.27. The third kappa shape index (κ3) is 1.19. The molecule has 0 aliphatic heterocycles. The Morgan fingerprint density at radius 3 is 2.83 bits per heavy atom. The van der Waals surface area contributed by atoms with Crippen LogP contribution in [0.1, 0.15) is 25.5 Å². The van der Waals surface area contributed by atoms with Gasteiger partial charge in [0.25, 0.3) is 0 Å². The van der Waals surface area contributed by atoms with E-state index in [4.69, 9.17) is 4.52 Å². The van der Waals surface area contributed by atoms with Crippen molar-refractivity contribution in [3.63, 3.8) is 0 Å². The number of anilines is 1. The van der Waals surface area contributed by atoms with E-state index in [1.807, 2.05) is 6.92 Å². The lowest BCUT2D eigenvalue weighted by Crippen LogP contribution is -2.36. The van der Waals surface area contributed by atoms with Crippen LogP contribution in [0.15, 0.2) is 10.7 Å². The summed E-state index contributed by atoms with van der Waals surface area (Å²) in [5.74, 6) is 1.67. The van der Waals surface area contributed by atoms with Gasteiger partial charge in [-0.25, -0.2) is 0 Å². The van der Waals surface area contributed by atoms with Crippen molar-refractivity contribution in [3.05, 3.63) is 12.0 Å². The molecule has 0 amide bonds. The van der Waals surface area contributed by atoms with E-state index in [9.17, 15) is 0 Å². The molecule has 0 saturated heterocycles. The molecule has 2 unspecified atom stereocenters. The van der Waals surface area contributed by atoms with Gasteiger partial charge in [-0.1, -0.05) is 12.1 Å². The second kappa shape index (κ2) is 2.81. The summed E-state index contributed by atoms with van der Waals surface area (Å²) in [7, 11) is 0. The van der Waals surface area contributed by atoms with Crippen LogP contribution in [0, 0.1) is 12.8 Å². The van der Waals surface area contributed by atoms with E-state index in [0.29, 0.717) is 6.04 Å². The van der Waals surface area contributed by atoms with Crippen molar-refractivity contribution >= 4 is 5.69 Å². The minimum atomic E-state index is 0.628. The zero-order valence-electron chi connectivity index (χ0n) is 7.50. The average Bonchev–Trinajstić information content (AvgIpc) is 2.44. The molecule has 1 fully saturated rings. The van der Waals surface area contributed by atoms with E-state index in [2.05, 4.69) is 17.4 Å². The summed E-state index contributed by atoms with van der Waals surface area (Å²) in [6.45, 7) is 4.20. The predicted molar refractivity (Wildman–Crippen MR) is 47.0 cm³/mol. The first-order valence-corrected chi connectivity index (χ1v) is 4.45. The van der Waals surface area contributed by atoms with Gasteiger partial charge in [0.05, 0.1) is 11.9 Å². The van der Waals surface area contributed by atoms with E-state index in [1.54, 1.807) is 6.20 Å². The third-order valence-corrected chi connectivity index (χ3v) is 2.71. The number of aromatic nitrogens is 1. The molecule has 1 aromatic heterocycles. The molecule has 1 N–H and O–H groups in total. The van der Waals surface area contributed by atoms with Gasteiger partial charge in [0, 0.05) is 6.04 Å². The number of nitrogens with one attached hydrogen (secondary N) is 1. The summed E-state index contributed by atoms with van der Waals surface area (Å²) in [5.41, 5.74) is 1.05. The van der Waals surface area contributed by atoms with Crippen LogP contribution in [0.4, 0.5) is 5.69 Å². The molecular weight excluding hydrogens is 152 g/mol. The van der Waals surface area contributed by atoms with E-state index in [-0.39, 0.29) is 0 Å². The summed E-state index contributed by atoms with van der Waals surface area (Å²) < 4.78 is 4.96. The summed E-state index contributed by atoms with van der Waals surface area (Å²) in [5, 5.41) is 7.14. The maximum absolute atomic E-state index is 4.96. The third-order valence-electron chi connectivity index (χ3n) is 2.71. The van der Waals surface area contributed by atoms with Crippen LogP contribution in [0.2, 0.25) is 0 Å². The highest BCUT2D eigenvalue weighted by atomic mass is 16.5. The normalized spacial score (nSPS) is 28.2. The molecule has 0 radical (unpaired) electrons. The fourth-order valence-corrected chi connectivity index (χ4v) is 1.52. The monoisotopic (exact) mass is 166 g/mol. The Morgan fingerprint density at radius 2 is 2.42 bits per heavy atom. The lowest BCUT2D eigenvalue weighted by molar-refractivity contribution is 0.303. The first-order chi connectivity index (χ1) is 5.77. The van der Waals surface area contributed by atoms with Crippen molar-refractivity contribution in [2.24, 2.45) is 5.92 Å². The number of rotatable bonds is 2. The number of nitrogens with zero attached hydrogens (tertiary/aromatic N) is 1. The summed E-state index contributed by atoms with van der Waals surface area (Å²) in [6, 6.07) is 0.628. The van der Waals surface area contributed by atoms with Crippen LogP contribution < -0.4 is 5.32 Å². The van der Waals surface area contributed by atoms with Crippen LogP contribution in [-0.2, 0) is 0 Å². The average molecular weight is 166 g/mol. The number of hydrogen-bond acceptors (Lipinski definition) is 3. The van der Waals surface area contributed by atoms with Crippen LogP contribution in [0.25, 0.3) is 0 Å². The van der Waals surface area contributed by atoms with Crippen LogP contribution in [-0.4, -0.2) is 11.2 Å². The Bertz CT molecular complexity index is 269. The SMILES string of the molecule is Cc1oncc1NC1CCC1C. The maximum Gasteiger partial charge on any atom is 0.156 e. The molecule has 2 atom stereocenters. The molecule has 1 aliphatic carbocycles.